The lowest BCUT2D eigenvalue weighted by Gasteiger charge is -2.24. The van der Waals surface area contributed by atoms with Gasteiger partial charge in [-0.05, 0) is 87.8 Å². The summed E-state index contributed by atoms with van der Waals surface area (Å²) in [5.41, 5.74) is 2.56. The summed E-state index contributed by atoms with van der Waals surface area (Å²) in [5, 5.41) is 4.09. The van der Waals surface area contributed by atoms with E-state index in [2.05, 4.69) is 22.2 Å². The molecule has 3 aromatic rings. The number of carbonyl (C=O) groups excluding carboxylic acids is 1. The van der Waals surface area contributed by atoms with Crippen molar-refractivity contribution in [2.75, 3.05) is 46.2 Å². The molecule has 5 rings (SSSR count). The zero-order valence-electron chi connectivity index (χ0n) is 20.6. The quantitative estimate of drug-likeness (QED) is 0.603. The second-order valence-corrected chi connectivity index (χ2v) is 9.46. The van der Waals surface area contributed by atoms with Crippen LogP contribution in [-0.2, 0) is 5.54 Å². The molecule has 7 heteroatoms. The van der Waals surface area contributed by atoms with Crippen molar-refractivity contribution in [2.24, 2.45) is 0 Å². The van der Waals surface area contributed by atoms with Gasteiger partial charge in [-0.2, -0.15) is 0 Å². The summed E-state index contributed by atoms with van der Waals surface area (Å²) in [5.74, 6) is 0.909. The summed E-state index contributed by atoms with van der Waals surface area (Å²) in [4.78, 5) is 21.9. The number of amides is 1. The van der Waals surface area contributed by atoms with Crippen molar-refractivity contribution in [1.82, 2.24) is 15.2 Å². The molecular weight excluding hydrogens is 431 g/mol. The van der Waals surface area contributed by atoms with Crippen molar-refractivity contribution in [3.63, 3.8) is 0 Å². The molecule has 6 nitrogen and oxygen atoms in total. The highest BCUT2D eigenvalue weighted by molar-refractivity contribution is 5.97. The lowest BCUT2D eigenvalue weighted by atomic mass is 9.98. The monoisotopic (exact) mass is 464 g/mol. The molecule has 0 atom stereocenters. The first-order chi connectivity index (χ1) is 16.2. The maximum absolute atomic E-state index is 13.8. The van der Waals surface area contributed by atoms with Gasteiger partial charge in [0.2, 0.25) is 0 Å². The number of carbonyl (C=O) groups is 1. The van der Waals surface area contributed by atoms with Crippen molar-refractivity contribution in [1.29, 1.82) is 0 Å². The number of hydrogen-bond donors (Lipinski definition) is 1. The minimum atomic E-state index is -0.476. The first-order valence-electron chi connectivity index (χ1n) is 11.7. The molecule has 1 aliphatic heterocycles. The lowest BCUT2D eigenvalue weighted by molar-refractivity contribution is 0.0930. The number of ether oxygens (including phenoxy) is 1. The highest BCUT2D eigenvalue weighted by Gasteiger charge is 2.47. The van der Waals surface area contributed by atoms with Crippen molar-refractivity contribution in [2.45, 2.75) is 31.7 Å². The predicted octanol–water partition coefficient (Wildman–Crippen LogP) is 4.50. The standard InChI is InChI=1S/C23H24FN3O2.C4H9N/c1-14-5-7-16(29-4)12-18(14)22(28)26-23(9-10-23)19-13-21(27(2)3)25-20-11-15(24)6-8-17(19)20;1-5-3-2-4-5/h5-8,11-13H,9-10H2,1-4H3,(H,26,28);2-4H2,1H3. The van der Waals surface area contributed by atoms with E-state index in [1.165, 1.54) is 31.6 Å². The number of likely N-dealkylation sites (tertiary alicyclic amines) is 1. The van der Waals surface area contributed by atoms with Gasteiger partial charge in [0.25, 0.3) is 5.91 Å². The van der Waals surface area contributed by atoms with Gasteiger partial charge in [-0.3, -0.25) is 4.79 Å². The Morgan fingerprint density at radius 3 is 2.41 bits per heavy atom. The van der Waals surface area contributed by atoms with E-state index in [0.717, 1.165) is 35.2 Å². The number of halogens is 1. The molecule has 0 spiro atoms. The maximum Gasteiger partial charge on any atom is 0.252 e. The Balaban J connectivity index is 0.000000486. The van der Waals surface area contributed by atoms with Crippen molar-refractivity contribution in [3.8, 4) is 5.75 Å². The lowest BCUT2D eigenvalue weighted by Crippen LogP contribution is -2.35. The number of fused-ring (bicyclic) bond motifs is 1. The fourth-order valence-corrected chi connectivity index (χ4v) is 4.13. The van der Waals surface area contributed by atoms with E-state index in [-0.39, 0.29) is 11.7 Å². The first kappa shape index (κ1) is 24.0. The Bertz CT molecular complexity index is 1200. The summed E-state index contributed by atoms with van der Waals surface area (Å²) >= 11 is 0. The molecule has 34 heavy (non-hydrogen) atoms. The number of aryl methyl sites for hydroxylation is 1. The topological polar surface area (TPSA) is 57.7 Å². The second kappa shape index (κ2) is 9.58. The number of benzene rings is 2. The Kier molecular flexibility index (Phi) is 6.75. The van der Waals surface area contributed by atoms with Crippen LogP contribution >= 0.6 is 0 Å². The van der Waals surface area contributed by atoms with Crippen LogP contribution < -0.4 is 15.0 Å². The van der Waals surface area contributed by atoms with Gasteiger partial charge in [-0.25, -0.2) is 9.37 Å². The minimum absolute atomic E-state index is 0.141. The molecule has 0 radical (unpaired) electrons. The highest BCUT2D eigenvalue weighted by atomic mass is 19.1. The van der Waals surface area contributed by atoms with Crippen LogP contribution in [0.1, 0.15) is 40.7 Å². The van der Waals surface area contributed by atoms with Crippen LogP contribution in [0, 0.1) is 12.7 Å². The molecule has 2 fully saturated rings. The normalized spacial score (nSPS) is 16.2. The van der Waals surface area contributed by atoms with Gasteiger partial charge >= 0.3 is 0 Å². The number of pyridine rings is 1. The fourth-order valence-electron chi connectivity index (χ4n) is 4.13. The molecule has 2 aliphatic rings. The van der Waals surface area contributed by atoms with E-state index < -0.39 is 5.54 Å². The molecule has 1 N–H and O–H groups in total. The molecule has 1 aromatic heterocycles. The van der Waals surface area contributed by atoms with Gasteiger partial charge < -0.3 is 19.9 Å². The number of rotatable bonds is 5. The fraction of sp³-hybridized carbons (Fsp3) is 0.407. The smallest absolute Gasteiger partial charge is 0.252 e. The van der Waals surface area contributed by atoms with E-state index in [4.69, 9.17) is 4.74 Å². The number of nitrogens with zero attached hydrogens (tertiary/aromatic N) is 3. The van der Waals surface area contributed by atoms with Crippen LogP contribution in [0.3, 0.4) is 0 Å². The summed E-state index contributed by atoms with van der Waals surface area (Å²) in [6, 6.07) is 12.1. The van der Waals surface area contributed by atoms with Gasteiger partial charge in [0.1, 0.15) is 17.4 Å². The maximum atomic E-state index is 13.8. The average Bonchev–Trinajstić information content (AvgIpc) is 3.57. The SMILES string of the molecule is CN1CCC1.COc1ccc(C)c(C(=O)NC2(c3cc(N(C)C)nc4cc(F)ccc34)CC2)c1. The Labute approximate surface area is 200 Å². The van der Waals surface area contributed by atoms with E-state index >= 15 is 0 Å². The predicted molar refractivity (Wildman–Crippen MR) is 134 cm³/mol. The number of aromatic nitrogens is 1. The van der Waals surface area contributed by atoms with Crippen LogP contribution in [0.15, 0.2) is 42.5 Å². The number of anilines is 1. The number of hydrogen-bond acceptors (Lipinski definition) is 5. The van der Waals surface area contributed by atoms with Crippen LogP contribution in [0.2, 0.25) is 0 Å². The van der Waals surface area contributed by atoms with E-state index in [1.807, 2.05) is 44.1 Å². The van der Waals surface area contributed by atoms with Gasteiger partial charge in [0, 0.05) is 31.1 Å². The van der Waals surface area contributed by atoms with E-state index in [9.17, 15) is 9.18 Å². The van der Waals surface area contributed by atoms with Gasteiger partial charge in [0.05, 0.1) is 18.2 Å². The molecule has 180 valence electrons. The summed E-state index contributed by atoms with van der Waals surface area (Å²) in [7, 11) is 7.52. The van der Waals surface area contributed by atoms with Gasteiger partial charge in [-0.15, -0.1) is 0 Å². The zero-order valence-corrected chi connectivity index (χ0v) is 20.6. The Hall–Kier alpha value is -3.19. The van der Waals surface area contributed by atoms with E-state index in [0.29, 0.717) is 16.8 Å². The van der Waals surface area contributed by atoms with Crippen molar-refractivity contribution >= 4 is 22.6 Å². The van der Waals surface area contributed by atoms with Crippen LogP contribution in [0.4, 0.5) is 10.2 Å². The zero-order chi connectivity index (χ0) is 24.5. The summed E-state index contributed by atoms with van der Waals surface area (Å²) in [6.07, 6.45) is 3.06. The third-order valence-corrected chi connectivity index (χ3v) is 6.60. The molecule has 1 saturated heterocycles. The Morgan fingerprint density at radius 1 is 1.15 bits per heavy atom. The number of methoxy groups -OCH3 is 1. The van der Waals surface area contributed by atoms with Gasteiger partial charge in [0.15, 0.2) is 0 Å². The van der Waals surface area contributed by atoms with E-state index in [1.54, 1.807) is 19.2 Å². The molecule has 1 amide bonds. The summed E-state index contributed by atoms with van der Waals surface area (Å²) in [6.45, 7) is 4.54. The first-order valence-corrected chi connectivity index (χ1v) is 11.7. The average molecular weight is 465 g/mol. The molecular formula is C27H33FN4O2. The third-order valence-electron chi connectivity index (χ3n) is 6.60. The molecule has 1 aliphatic carbocycles. The molecule has 0 unspecified atom stereocenters. The Morgan fingerprint density at radius 2 is 1.85 bits per heavy atom. The van der Waals surface area contributed by atoms with Gasteiger partial charge in [-0.1, -0.05) is 6.07 Å². The molecule has 2 aromatic carbocycles. The van der Waals surface area contributed by atoms with Crippen molar-refractivity contribution in [3.05, 3.63) is 65.0 Å². The van der Waals surface area contributed by atoms with Crippen LogP contribution in [0.25, 0.3) is 10.9 Å². The third kappa shape index (κ3) is 4.99. The number of nitrogens with one attached hydrogen (secondary N) is 1. The molecule has 1 saturated carbocycles. The molecule has 0 bridgehead atoms. The highest BCUT2D eigenvalue weighted by Crippen LogP contribution is 2.49. The van der Waals surface area contributed by atoms with Crippen molar-refractivity contribution < 1.29 is 13.9 Å². The van der Waals surface area contributed by atoms with Crippen LogP contribution in [0.5, 0.6) is 5.75 Å². The minimum Gasteiger partial charge on any atom is -0.497 e. The largest absolute Gasteiger partial charge is 0.497 e. The molecule has 2 heterocycles. The van der Waals surface area contributed by atoms with Crippen LogP contribution in [-0.4, -0.2) is 57.1 Å². The summed E-state index contributed by atoms with van der Waals surface area (Å²) < 4.78 is 19.1. The second-order valence-electron chi connectivity index (χ2n) is 9.46.